The predicted octanol–water partition coefficient (Wildman–Crippen LogP) is 7.24. The van der Waals surface area contributed by atoms with Crippen LogP contribution < -0.4 is 5.32 Å². The molecule has 25 heavy (non-hydrogen) atoms. The zero-order valence-electron chi connectivity index (χ0n) is 13.3. The Bertz CT molecular complexity index is 1030. The number of hydrogen-bond donors (Lipinski definition) is 1. The van der Waals surface area contributed by atoms with Crippen LogP contribution in [0.15, 0.2) is 86.2 Å². The van der Waals surface area contributed by atoms with Gasteiger partial charge in [-0.15, -0.1) is 0 Å². The molecule has 4 rings (SSSR count). The Morgan fingerprint density at radius 1 is 0.840 bits per heavy atom. The van der Waals surface area contributed by atoms with E-state index in [1.165, 1.54) is 10.8 Å². The van der Waals surface area contributed by atoms with Crippen LogP contribution in [0.5, 0.6) is 0 Å². The summed E-state index contributed by atoms with van der Waals surface area (Å²) in [5.41, 5.74) is 2.15. The molecule has 4 aromatic rings. The number of furan rings is 1. The summed E-state index contributed by atoms with van der Waals surface area (Å²) in [5.74, 6) is 1.76. The van der Waals surface area contributed by atoms with Gasteiger partial charge >= 0.3 is 0 Å². The van der Waals surface area contributed by atoms with Crippen molar-refractivity contribution in [2.24, 2.45) is 0 Å². The summed E-state index contributed by atoms with van der Waals surface area (Å²) >= 11 is 7.06. The van der Waals surface area contributed by atoms with E-state index in [-0.39, 0.29) is 0 Å². The maximum atomic E-state index is 6.02. The maximum Gasteiger partial charge on any atom is 0.135 e. The fourth-order valence-corrected chi connectivity index (χ4v) is 4.11. The Labute approximate surface area is 163 Å². The number of anilines is 1. The second-order valence-electron chi connectivity index (χ2n) is 5.77. The van der Waals surface area contributed by atoms with Crippen LogP contribution in [0.3, 0.4) is 0 Å². The second-order valence-corrected chi connectivity index (χ2v) is 7.54. The Morgan fingerprint density at radius 2 is 1.68 bits per heavy atom. The number of benzene rings is 3. The number of nitrogens with one attached hydrogen (secondary N) is 1. The molecule has 0 atom stereocenters. The quantitative estimate of drug-likeness (QED) is 0.350. The van der Waals surface area contributed by atoms with Crippen molar-refractivity contribution in [2.45, 2.75) is 6.54 Å². The van der Waals surface area contributed by atoms with Crippen molar-refractivity contribution < 1.29 is 4.42 Å². The van der Waals surface area contributed by atoms with Crippen LogP contribution in [-0.2, 0) is 6.54 Å². The monoisotopic (exact) mass is 455 g/mol. The SMILES string of the molecule is Brc1ccc(-c2ccc(CNc3cccc4ccccc34)o2)c(Br)c1. The minimum atomic E-state index is 0.641. The van der Waals surface area contributed by atoms with Crippen LogP contribution in [0.1, 0.15) is 5.76 Å². The first-order valence-electron chi connectivity index (χ1n) is 7.96. The summed E-state index contributed by atoms with van der Waals surface area (Å²) in [6.07, 6.45) is 0. The van der Waals surface area contributed by atoms with Gasteiger partial charge in [-0.05, 0) is 57.7 Å². The van der Waals surface area contributed by atoms with E-state index in [9.17, 15) is 0 Å². The molecule has 0 bridgehead atoms. The molecular weight excluding hydrogens is 442 g/mol. The van der Waals surface area contributed by atoms with Crippen LogP contribution in [0, 0.1) is 0 Å². The van der Waals surface area contributed by atoms with Crippen molar-refractivity contribution in [3.05, 3.63) is 87.5 Å². The molecule has 3 aromatic carbocycles. The van der Waals surface area contributed by atoms with Crippen LogP contribution in [0.2, 0.25) is 0 Å². The summed E-state index contributed by atoms with van der Waals surface area (Å²) in [4.78, 5) is 0. The standard InChI is InChI=1S/C21H15Br2NO/c22-15-8-10-18(19(23)12-15)21-11-9-16(25-21)13-24-20-7-3-5-14-4-1-2-6-17(14)20/h1-12,24H,13H2. The summed E-state index contributed by atoms with van der Waals surface area (Å²) in [7, 11) is 0. The molecule has 0 saturated carbocycles. The van der Waals surface area contributed by atoms with E-state index < -0.39 is 0 Å². The van der Waals surface area contributed by atoms with Crippen LogP contribution in [-0.4, -0.2) is 0 Å². The minimum absolute atomic E-state index is 0.641. The van der Waals surface area contributed by atoms with Crippen molar-refractivity contribution in [3.63, 3.8) is 0 Å². The van der Waals surface area contributed by atoms with E-state index in [2.05, 4.69) is 79.6 Å². The third-order valence-electron chi connectivity index (χ3n) is 4.10. The van der Waals surface area contributed by atoms with Crippen molar-refractivity contribution in [1.29, 1.82) is 0 Å². The van der Waals surface area contributed by atoms with Gasteiger partial charge in [-0.1, -0.05) is 52.3 Å². The van der Waals surface area contributed by atoms with Crippen molar-refractivity contribution in [3.8, 4) is 11.3 Å². The van der Waals surface area contributed by atoms with E-state index in [0.717, 1.165) is 31.7 Å². The fraction of sp³-hybridized carbons (Fsp3) is 0.0476. The molecule has 0 radical (unpaired) electrons. The highest BCUT2D eigenvalue weighted by molar-refractivity contribution is 9.11. The number of halogens is 2. The summed E-state index contributed by atoms with van der Waals surface area (Å²) in [6.45, 7) is 0.641. The Kier molecular flexibility index (Phi) is 4.64. The molecule has 1 N–H and O–H groups in total. The lowest BCUT2D eigenvalue weighted by molar-refractivity contribution is 0.531. The summed E-state index contributed by atoms with van der Waals surface area (Å²) in [6, 6.07) is 24.7. The molecule has 0 aliphatic carbocycles. The van der Waals surface area contributed by atoms with Gasteiger partial charge < -0.3 is 9.73 Å². The van der Waals surface area contributed by atoms with Gasteiger partial charge in [0.15, 0.2) is 0 Å². The third kappa shape index (κ3) is 3.51. The third-order valence-corrected chi connectivity index (χ3v) is 5.25. The molecule has 0 saturated heterocycles. The highest BCUT2D eigenvalue weighted by atomic mass is 79.9. The lowest BCUT2D eigenvalue weighted by atomic mass is 10.1. The highest BCUT2D eigenvalue weighted by Crippen LogP contribution is 2.32. The molecule has 2 nitrogen and oxygen atoms in total. The predicted molar refractivity (Wildman–Crippen MR) is 111 cm³/mol. The molecule has 0 amide bonds. The fourth-order valence-electron chi connectivity index (χ4n) is 2.87. The zero-order chi connectivity index (χ0) is 17.2. The zero-order valence-corrected chi connectivity index (χ0v) is 16.5. The average molecular weight is 457 g/mol. The Balaban J connectivity index is 1.55. The van der Waals surface area contributed by atoms with E-state index in [1.807, 2.05) is 30.3 Å². The second kappa shape index (κ2) is 7.06. The lowest BCUT2D eigenvalue weighted by Crippen LogP contribution is -1.98. The molecular formula is C21H15Br2NO. The normalized spacial score (nSPS) is 11.0. The van der Waals surface area contributed by atoms with Gasteiger partial charge in [0.25, 0.3) is 0 Å². The van der Waals surface area contributed by atoms with E-state index >= 15 is 0 Å². The van der Waals surface area contributed by atoms with Crippen LogP contribution >= 0.6 is 31.9 Å². The van der Waals surface area contributed by atoms with Gasteiger partial charge in [-0.25, -0.2) is 0 Å². The molecule has 0 aliphatic heterocycles. The van der Waals surface area contributed by atoms with Gasteiger partial charge in [0.2, 0.25) is 0 Å². The lowest BCUT2D eigenvalue weighted by Gasteiger charge is -2.08. The Morgan fingerprint density at radius 3 is 2.56 bits per heavy atom. The van der Waals surface area contributed by atoms with E-state index in [0.29, 0.717) is 6.54 Å². The van der Waals surface area contributed by atoms with E-state index in [1.54, 1.807) is 0 Å². The van der Waals surface area contributed by atoms with Gasteiger partial charge in [0, 0.05) is 25.6 Å². The number of rotatable bonds is 4. The molecule has 124 valence electrons. The molecule has 1 heterocycles. The first-order valence-corrected chi connectivity index (χ1v) is 9.55. The van der Waals surface area contributed by atoms with Crippen molar-refractivity contribution >= 4 is 48.3 Å². The minimum Gasteiger partial charge on any atom is -0.459 e. The van der Waals surface area contributed by atoms with Crippen molar-refractivity contribution in [1.82, 2.24) is 0 Å². The number of fused-ring (bicyclic) bond motifs is 1. The van der Waals surface area contributed by atoms with Crippen molar-refractivity contribution in [2.75, 3.05) is 5.32 Å². The molecule has 0 spiro atoms. The number of hydrogen-bond acceptors (Lipinski definition) is 2. The summed E-state index contributed by atoms with van der Waals surface area (Å²) < 4.78 is 8.06. The van der Waals surface area contributed by atoms with Gasteiger partial charge in [0.1, 0.15) is 11.5 Å². The smallest absolute Gasteiger partial charge is 0.135 e. The molecule has 0 aliphatic rings. The van der Waals surface area contributed by atoms with E-state index in [4.69, 9.17) is 4.42 Å². The van der Waals surface area contributed by atoms with Crippen LogP contribution in [0.4, 0.5) is 5.69 Å². The highest BCUT2D eigenvalue weighted by Gasteiger charge is 2.09. The van der Waals surface area contributed by atoms with Crippen LogP contribution in [0.25, 0.3) is 22.1 Å². The van der Waals surface area contributed by atoms with Gasteiger partial charge in [-0.3, -0.25) is 0 Å². The summed E-state index contributed by atoms with van der Waals surface area (Å²) in [5, 5.41) is 5.92. The molecule has 4 heteroatoms. The molecule has 0 unspecified atom stereocenters. The largest absolute Gasteiger partial charge is 0.459 e. The maximum absolute atomic E-state index is 6.02. The first kappa shape index (κ1) is 16.4. The molecule has 0 fully saturated rings. The topological polar surface area (TPSA) is 25.2 Å². The van der Waals surface area contributed by atoms with Gasteiger partial charge in [0.05, 0.1) is 6.54 Å². The Hall–Kier alpha value is -2.04. The molecule has 1 aromatic heterocycles. The first-order chi connectivity index (χ1) is 12.2. The average Bonchev–Trinajstić information content (AvgIpc) is 3.08. The van der Waals surface area contributed by atoms with Gasteiger partial charge in [-0.2, -0.15) is 0 Å².